The fourth-order valence-corrected chi connectivity index (χ4v) is 4.88. The van der Waals surface area contributed by atoms with E-state index in [1.54, 1.807) is 16.8 Å². The first-order valence-corrected chi connectivity index (χ1v) is 9.82. The number of rotatable bonds is 3. The van der Waals surface area contributed by atoms with Crippen LogP contribution in [0.5, 0.6) is 0 Å². The number of nitrogens with one attached hydrogen (secondary N) is 1. The predicted molar refractivity (Wildman–Crippen MR) is 103 cm³/mol. The van der Waals surface area contributed by atoms with E-state index < -0.39 is 5.82 Å². The molecule has 144 valence electrons. The van der Waals surface area contributed by atoms with E-state index in [4.69, 9.17) is 5.73 Å². The Hall–Kier alpha value is -2.21. The zero-order chi connectivity index (χ0) is 19.1. The lowest BCUT2D eigenvalue weighted by Crippen LogP contribution is -2.48. The highest BCUT2D eigenvalue weighted by molar-refractivity contribution is 5.92. The fraction of sp³-hybridized carbons (Fsp3) is 0.524. The SMILES string of the molecule is Cc1cc(C)n(-c2ccc(NC(=O)C3CC4CCCC(C3)C4N)cc2F)n1. The van der Waals surface area contributed by atoms with Crippen LogP contribution in [0.25, 0.3) is 5.69 Å². The van der Waals surface area contributed by atoms with Crippen LogP contribution >= 0.6 is 0 Å². The van der Waals surface area contributed by atoms with Crippen molar-refractivity contribution in [3.05, 3.63) is 41.5 Å². The molecule has 1 heterocycles. The Morgan fingerprint density at radius 2 is 1.93 bits per heavy atom. The molecule has 1 amide bonds. The molecule has 0 saturated heterocycles. The standard InChI is InChI=1S/C21H27FN4O/c1-12-8-13(2)26(25-12)19-7-6-17(11-18(19)22)24-21(27)16-9-14-4-3-5-15(10-16)20(14)23/h6-8,11,14-16,20H,3-5,9-10,23H2,1-2H3,(H,24,27). The third-order valence-corrected chi connectivity index (χ3v) is 6.24. The lowest BCUT2D eigenvalue weighted by molar-refractivity contribution is -0.122. The van der Waals surface area contributed by atoms with Crippen molar-refractivity contribution in [3.8, 4) is 5.69 Å². The third-order valence-electron chi connectivity index (χ3n) is 6.24. The van der Waals surface area contributed by atoms with Gasteiger partial charge in [0.2, 0.25) is 5.91 Å². The molecule has 0 aliphatic heterocycles. The molecule has 2 aliphatic carbocycles. The fourth-order valence-electron chi connectivity index (χ4n) is 4.88. The van der Waals surface area contributed by atoms with Gasteiger partial charge in [0, 0.05) is 23.3 Å². The lowest BCUT2D eigenvalue weighted by Gasteiger charge is -2.43. The number of benzene rings is 1. The highest BCUT2D eigenvalue weighted by Crippen LogP contribution is 2.42. The normalized spacial score (nSPS) is 27.4. The van der Waals surface area contributed by atoms with Crippen LogP contribution in [0.3, 0.4) is 0 Å². The Morgan fingerprint density at radius 3 is 2.52 bits per heavy atom. The van der Waals surface area contributed by atoms with Crippen molar-refractivity contribution in [2.75, 3.05) is 5.32 Å². The topological polar surface area (TPSA) is 72.9 Å². The predicted octanol–water partition coefficient (Wildman–Crippen LogP) is 3.72. The molecular weight excluding hydrogens is 343 g/mol. The second-order valence-corrected chi connectivity index (χ2v) is 8.19. The van der Waals surface area contributed by atoms with Gasteiger partial charge in [-0.2, -0.15) is 5.10 Å². The first kappa shape index (κ1) is 18.2. The summed E-state index contributed by atoms with van der Waals surface area (Å²) >= 11 is 0. The van der Waals surface area contributed by atoms with Crippen LogP contribution in [-0.4, -0.2) is 21.7 Å². The van der Waals surface area contributed by atoms with Gasteiger partial charge >= 0.3 is 0 Å². The minimum Gasteiger partial charge on any atom is -0.327 e. The maximum Gasteiger partial charge on any atom is 0.227 e. The molecule has 2 aromatic rings. The van der Waals surface area contributed by atoms with E-state index >= 15 is 0 Å². The Morgan fingerprint density at radius 1 is 1.22 bits per heavy atom. The smallest absolute Gasteiger partial charge is 0.227 e. The number of aromatic nitrogens is 2. The minimum atomic E-state index is -0.401. The summed E-state index contributed by atoms with van der Waals surface area (Å²) in [4.78, 5) is 12.7. The molecule has 0 radical (unpaired) electrons. The van der Waals surface area contributed by atoms with E-state index in [-0.39, 0.29) is 17.9 Å². The van der Waals surface area contributed by atoms with Crippen LogP contribution in [0.1, 0.15) is 43.5 Å². The van der Waals surface area contributed by atoms with Gasteiger partial charge in [0.15, 0.2) is 5.82 Å². The van der Waals surface area contributed by atoms with Crippen molar-refractivity contribution < 1.29 is 9.18 Å². The van der Waals surface area contributed by atoms with Crippen LogP contribution in [0.2, 0.25) is 0 Å². The molecule has 1 aromatic heterocycles. The molecule has 4 rings (SSSR count). The van der Waals surface area contributed by atoms with Gasteiger partial charge in [-0.1, -0.05) is 6.42 Å². The molecule has 2 saturated carbocycles. The van der Waals surface area contributed by atoms with Gasteiger partial charge in [0.1, 0.15) is 5.69 Å². The Labute approximate surface area is 159 Å². The second kappa shape index (κ2) is 7.08. The molecule has 2 atom stereocenters. The van der Waals surface area contributed by atoms with Crippen LogP contribution in [0.15, 0.2) is 24.3 Å². The highest BCUT2D eigenvalue weighted by atomic mass is 19.1. The number of hydrogen-bond donors (Lipinski definition) is 2. The van der Waals surface area contributed by atoms with E-state index in [0.29, 0.717) is 23.2 Å². The molecule has 2 fully saturated rings. The van der Waals surface area contributed by atoms with Crippen LogP contribution in [0.4, 0.5) is 10.1 Å². The van der Waals surface area contributed by atoms with Gasteiger partial charge in [-0.15, -0.1) is 0 Å². The van der Waals surface area contributed by atoms with Crippen molar-refractivity contribution in [1.29, 1.82) is 0 Å². The van der Waals surface area contributed by atoms with Gasteiger partial charge in [-0.05, 0) is 75.6 Å². The average molecular weight is 370 g/mol. The number of halogens is 1. The van der Waals surface area contributed by atoms with Crippen molar-refractivity contribution >= 4 is 11.6 Å². The summed E-state index contributed by atoms with van der Waals surface area (Å²) in [6.07, 6.45) is 5.14. The monoisotopic (exact) mass is 370 g/mol. The van der Waals surface area contributed by atoms with Gasteiger partial charge in [0.25, 0.3) is 0 Å². The highest BCUT2D eigenvalue weighted by Gasteiger charge is 2.40. The molecule has 2 bridgehead atoms. The molecule has 27 heavy (non-hydrogen) atoms. The Kier molecular flexibility index (Phi) is 4.76. The number of amides is 1. The number of aryl methyl sites for hydroxylation is 2. The summed E-state index contributed by atoms with van der Waals surface area (Å²) in [5, 5.41) is 7.23. The number of carbonyl (C=O) groups is 1. The van der Waals surface area contributed by atoms with Gasteiger partial charge in [0.05, 0.1) is 5.69 Å². The zero-order valence-corrected chi connectivity index (χ0v) is 15.9. The summed E-state index contributed by atoms with van der Waals surface area (Å²) in [5.74, 6) is 0.439. The summed E-state index contributed by atoms with van der Waals surface area (Å²) in [6.45, 7) is 3.77. The van der Waals surface area contributed by atoms with Gasteiger partial charge < -0.3 is 11.1 Å². The van der Waals surface area contributed by atoms with Crippen molar-refractivity contribution in [2.45, 2.75) is 52.0 Å². The summed E-state index contributed by atoms with van der Waals surface area (Å²) < 4.78 is 16.2. The van der Waals surface area contributed by atoms with Crippen molar-refractivity contribution in [2.24, 2.45) is 23.5 Å². The number of carbonyl (C=O) groups excluding carboxylic acids is 1. The molecule has 2 unspecified atom stereocenters. The quantitative estimate of drug-likeness (QED) is 0.865. The van der Waals surface area contributed by atoms with E-state index in [2.05, 4.69) is 10.4 Å². The Balaban J connectivity index is 1.47. The van der Waals surface area contributed by atoms with Gasteiger partial charge in [-0.25, -0.2) is 9.07 Å². The summed E-state index contributed by atoms with van der Waals surface area (Å²) in [7, 11) is 0. The largest absolute Gasteiger partial charge is 0.327 e. The molecule has 5 nitrogen and oxygen atoms in total. The third kappa shape index (κ3) is 3.50. The van der Waals surface area contributed by atoms with E-state index in [0.717, 1.165) is 37.1 Å². The maximum absolute atomic E-state index is 14.6. The molecule has 3 N–H and O–H groups in total. The van der Waals surface area contributed by atoms with Crippen molar-refractivity contribution in [1.82, 2.24) is 9.78 Å². The first-order chi connectivity index (χ1) is 12.9. The lowest BCUT2D eigenvalue weighted by atomic mass is 9.65. The summed E-state index contributed by atoms with van der Waals surface area (Å²) in [5.41, 5.74) is 8.90. The molecule has 0 spiro atoms. The van der Waals surface area contributed by atoms with E-state index in [9.17, 15) is 9.18 Å². The first-order valence-electron chi connectivity index (χ1n) is 9.82. The second-order valence-electron chi connectivity index (χ2n) is 8.19. The number of anilines is 1. The number of fused-ring (bicyclic) bond motifs is 2. The minimum absolute atomic E-state index is 0.0166. The molecular formula is C21H27FN4O. The molecule has 1 aromatic carbocycles. The maximum atomic E-state index is 14.6. The van der Waals surface area contributed by atoms with Crippen LogP contribution < -0.4 is 11.1 Å². The molecule has 2 aliphatic rings. The van der Waals surface area contributed by atoms with Gasteiger partial charge in [-0.3, -0.25) is 4.79 Å². The summed E-state index contributed by atoms with van der Waals surface area (Å²) in [6, 6.07) is 6.91. The average Bonchev–Trinajstić information content (AvgIpc) is 2.93. The van der Waals surface area contributed by atoms with Crippen molar-refractivity contribution in [3.63, 3.8) is 0 Å². The number of hydrogen-bond acceptors (Lipinski definition) is 3. The van der Waals surface area contributed by atoms with Crippen LogP contribution in [-0.2, 0) is 4.79 Å². The zero-order valence-electron chi connectivity index (χ0n) is 15.9. The molecule has 6 heteroatoms. The van der Waals surface area contributed by atoms with E-state index in [1.807, 2.05) is 19.9 Å². The van der Waals surface area contributed by atoms with Crippen LogP contribution in [0, 0.1) is 37.4 Å². The van der Waals surface area contributed by atoms with E-state index in [1.165, 1.54) is 12.5 Å². The number of nitrogens with zero attached hydrogens (tertiary/aromatic N) is 2. The number of nitrogens with two attached hydrogens (primary N) is 1. The Bertz CT molecular complexity index is 848.